The molecule has 23 heavy (non-hydrogen) atoms. The average molecular weight is 390 g/mol. The van der Waals surface area contributed by atoms with E-state index in [1.807, 2.05) is 12.1 Å². The van der Waals surface area contributed by atoms with Crippen molar-refractivity contribution in [2.24, 2.45) is 5.92 Å². The fraction of sp³-hybridized carbons (Fsp3) is 0.636. The number of hydrogen-bond acceptors (Lipinski definition) is 0. The van der Waals surface area contributed by atoms with E-state index < -0.39 is 20.3 Å². The number of hydrogen-bond donors (Lipinski definition) is 0. The molecular formula is C22H34Zr. The molecule has 0 radical (unpaired) electrons. The van der Waals surface area contributed by atoms with Crippen LogP contribution in [0.1, 0.15) is 72.6 Å². The van der Waals surface area contributed by atoms with Crippen molar-refractivity contribution in [3.63, 3.8) is 0 Å². The molecule has 0 aromatic heterocycles. The summed E-state index contributed by atoms with van der Waals surface area (Å²) in [4.78, 5) is 0. The summed E-state index contributed by atoms with van der Waals surface area (Å²) in [6, 6.07) is 0. The molecule has 3 rings (SSSR count). The fourth-order valence-electron chi connectivity index (χ4n) is 5.06. The van der Waals surface area contributed by atoms with Gasteiger partial charge in [-0.2, -0.15) is 0 Å². The molecule has 0 amide bonds. The summed E-state index contributed by atoms with van der Waals surface area (Å²) in [7, 11) is 0. The molecule has 0 aromatic carbocycles. The van der Waals surface area contributed by atoms with Crippen LogP contribution in [-0.2, 0) is 20.3 Å². The summed E-state index contributed by atoms with van der Waals surface area (Å²) in [5.41, 5.74) is 5.43. The summed E-state index contributed by atoms with van der Waals surface area (Å²) in [6.45, 7) is 9.73. The molecule has 1 heteroatoms. The predicted octanol–water partition coefficient (Wildman–Crippen LogP) is 7.44. The molecule has 1 atom stereocenters. The first kappa shape index (κ1) is 17.7. The van der Waals surface area contributed by atoms with E-state index in [4.69, 9.17) is 0 Å². The van der Waals surface area contributed by atoms with Crippen LogP contribution in [0, 0.1) is 5.92 Å². The summed E-state index contributed by atoms with van der Waals surface area (Å²) >= 11 is -2.10. The van der Waals surface area contributed by atoms with Crippen LogP contribution in [0.25, 0.3) is 0 Å². The number of rotatable bonds is 8. The molecule has 126 valence electrons. The Balaban J connectivity index is 1.91. The normalized spacial score (nSPS) is 25.6. The Labute approximate surface area is 148 Å². The molecule has 1 saturated heterocycles. The van der Waals surface area contributed by atoms with Crippen molar-refractivity contribution < 1.29 is 20.3 Å². The van der Waals surface area contributed by atoms with Crippen LogP contribution in [0.5, 0.6) is 0 Å². The number of allylic oxidation sites excluding steroid dienone is 8. The monoisotopic (exact) mass is 388 g/mol. The Hall–Kier alpha value is -0.157. The maximum atomic E-state index is 2.56. The molecule has 0 aromatic rings. The van der Waals surface area contributed by atoms with Crippen LogP contribution in [-0.4, -0.2) is 0 Å². The van der Waals surface area contributed by atoms with E-state index in [1.165, 1.54) is 44.9 Å². The van der Waals surface area contributed by atoms with Gasteiger partial charge in [-0.25, -0.2) is 0 Å². The molecule has 0 spiro atoms. The van der Waals surface area contributed by atoms with Crippen molar-refractivity contribution in [3.05, 3.63) is 41.5 Å². The van der Waals surface area contributed by atoms with Crippen molar-refractivity contribution in [2.45, 2.75) is 80.9 Å². The van der Waals surface area contributed by atoms with Crippen molar-refractivity contribution in [1.29, 1.82) is 0 Å². The van der Waals surface area contributed by atoms with Crippen molar-refractivity contribution in [3.8, 4) is 0 Å². The fourth-order valence-corrected chi connectivity index (χ4v) is 19.9. The van der Waals surface area contributed by atoms with Gasteiger partial charge in [-0.15, -0.1) is 0 Å². The van der Waals surface area contributed by atoms with Gasteiger partial charge in [-0.3, -0.25) is 0 Å². The van der Waals surface area contributed by atoms with Crippen molar-refractivity contribution >= 4 is 0 Å². The van der Waals surface area contributed by atoms with E-state index in [-0.39, 0.29) is 0 Å². The SMILES string of the molecule is CCCCC1=C(CCCC)C(C)[C]([Zr]2([C]3=CC=CC3)[CH2][CH2]2)=C1C. The van der Waals surface area contributed by atoms with Gasteiger partial charge in [0.25, 0.3) is 0 Å². The second-order valence-electron chi connectivity index (χ2n) is 7.88. The van der Waals surface area contributed by atoms with E-state index in [0.29, 0.717) is 0 Å². The molecule has 1 heterocycles. The van der Waals surface area contributed by atoms with Gasteiger partial charge in [0.2, 0.25) is 0 Å². The first-order valence-electron chi connectivity index (χ1n) is 9.95. The molecule has 1 aliphatic heterocycles. The Kier molecular flexibility index (Phi) is 5.67. The van der Waals surface area contributed by atoms with Gasteiger partial charge in [0.1, 0.15) is 0 Å². The standard InChI is InChI=1S/C15H25.C5H5.C2H4.Zr/c1-5-7-9-14-12(3)11-13(4)15(14)10-8-6-2;1-2-4-5-3-1;1-2;/h12H,5-10H2,1-4H3;1-3H,4H2;1-2H2;. The van der Waals surface area contributed by atoms with Crippen LogP contribution in [0.2, 0.25) is 8.26 Å². The van der Waals surface area contributed by atoms with Gasteiger partial charge >= 0.3 is 149 Å². The third kappa shape index (κ3) is 3.20. The van der Waals surface area contributed by atoms with Crippen LogP contribution >= 0.6 is 0 Å². The zero-order chi connectivity index (χ0) is 16.4. The molecule has 0 bridgehead atoms. The van der Waals surface area contributed by atoms with Crippen LogP contribution in [0.4, 0.5) is 0 Å². The zero-order valence-corrected chi connectivity index (χ0v) is 18.1. The first-order chi connectivity index (χ1) is 11.2. The predicted molar refractivity (Wildman–Crippen MR) is 99.4 cm³/mol. The first-order valence-corrected chi connectivity index (χ1v) is 15.9. The Morgan fingerprint density at radius 1 is 1.09 bits per heavy atom. The van der Waals surface area contributed by atoms with Crippen LogP contribution in [0.15, 0.2) is 41.5 Å². The van der Waals surface area contributed by atoms with E-state index >= 15 is 0 Å². The van der Waals surface area contributed by atoms with E-state index in [2.05, 4.69) is 45.9 Å². The molecule has 0 N–H and O–H groups in total. The molecule has 1 unspecified atom stereocenters. The topological polar surface area (TPSA) is 0 Å². The summed E-state index contributed by atoms with van der Waals surface area (Å²) in [5.74, 6) is 0.785. The summed E-state index contributed by atoms with van der Waals surface area (Å²) < 4.78 is 7.13. The second kappa shape index (κ2) is 7.39. The van der Waals surface area contributed by atoms with E-state index in [9.17, 15) is 0 Å². The minimum atomic E-state index is -2.10. The Morgan fingerprint density at radius 2 is 1.78 bits per heavy atom. The van der Waals surface area contributed by atoms with Crippen molar-refractivity contribution in [2.75, 3.05) is 0 Å². The summed E-state index contributed by atoms with van der Waals surface area (Å²) in [6.07, 6.45) is 16.6. The Morgan fingerprint density at radius 3 is 2.35 bits per heavy atom. The van der Waals surface area contributed by atoms with Gasteiger partial charge in [0.15, 0.2) is 0 Å². The van der Waals surface area contributed by atoms with Crippen molar-refractivity contribution in [1.82, 2.24) is 0 Å². The Bertz CT molecular complexity index is 581. The minimum absolute atomic E-state index is 0.785. The van der Waals surface area contributed by atoms with Gasteiger partial charge in [-0.05, 0) is 0 Å². The van der Waals surface area contributed by atoms with Gasteiger partial charge in [0, 0.05) is 0 Å². The molecule has 0 nitrogen and oxygen atoms in total. The van der Waals surface area contributed by atoms with E-state index in [0.717, 1.165) is 5.92 Å². The molecule has 1 fully saturated rings. The quantitative estimate of drug-likeness (QED) is 0.405. The third-order valence-electron chi connectivity index (χ3n) is 6.43. The molecule has 0 saturated carbocycles. The zero-order valence-electron chi connectivity index (χ0n) is 15.7. The van der Waals surface area contributed by atoms with Gasteiger partial charge < -0.3 is 0 Å². The average Bonchev–Trinajstić information content (AvgIpc) is 3.05. The molecular weight excluding hydrogens is 355 g/mol. The number of unbranched alkanes of at least 4 members (excludes halogenated alkanes) is 2. The molecule has 2 aliphatic carbocycles. The van der Waals surface area contributed by atoms with E-state index in [1.54, 1.807) is 19.4 Å². The summed E-state index contributed by atoms with van der Waals surface area (Å²) in [5, 5.41) is 0. The molecule has 3 aliphatic rings. The van der Waals surface area contributed by atoms with Gasteiger partial charge in [-0.1, -0.05) is 0 Å². The van der Waals surface area contributed by atoms with Gasteiger partial charge in [0.05, 0.1) is 0 Å². The second-order valence-corrected chi connectivity index (χ2v) is 18.6. The van der Waals surface area contributed by atoms with Crippen LogP contribution < -0.4 is 0 Å². The maximum absolute atomic E-state index is 2.56. The van der Waals surface area contributed by atoms with Crippen LogP contribution in [0.3, 0.4) is 0 Å². The third-order valence-corrected chi connectivity index (χ3v) is 18.6.